The first-order chi connectivity index (χ1) is 18.0. The van der Waals surface area contributed by atoms with Crippen LogP contribution in [0.15, 0.2) is 78.9 Å². The van der Waals surface area contributed by atoms with Crippen molar-refractivity contribution < 1.29 is 23.8 Å². The van der Waals surface area contributed by atoms with Gasteiger partial charge in [0.15, 0.2) is 0 Å². The zero-order valence-corrected chi connectivity index (χ0v) is 20.4. The van der Waals surface area contributed by atoms with Crippen molar-refractivity contribution in [2.24, 2.45) is 0 Å². The minimum Gasteiger partial charge on any atom is -0.445 e. The molecule has 3 atom stereocenters. The van der Waals surface area contributed by atoms with Crippen molar-refractivity contribution in [2.75, 3.05) is 29.9 Å². The number of hydrogen-bond acceptors (Lipinski definition) is 5. The number of nitrogens with one attached hydrogen (secondary N) is 1. The van der Waals surface area contributed by atoms with Gasteiger partial charge in [-0.25, -0.2) is 9.18 Å². The number of para-hydroxylation sites is 2. The lowest BCUT2D eigenvalue weighted by atomic mass is 9.93. The van der Waals surface area contributed by atoms with E-state index in [9.17, 15) is 19.1 Å². The van der Waals surface area contributed by atoms with Crippen molar-refractivity contribution >= 4 is 23.4 Å². The molecule has 3 aromatic carbocycles. The SMILES string of the molecule is O=C(Nc1ccccc1N1CCCC1)[C@H]1[C@@H](O)[C@H](c2cccc(F)c2)CN1C(=O)OCc1ccccc1. The van der Waals surface area contributed by atoms with Crippen LogP contribution in [-0.4, -0.2) is 53.8 Å². The zero-order valence-electron chi connectivity index (χ0n) is 20.4. The maximum atomic E-state index is 14.0. The van der Waals surface area contributed by atoms with Gasteiger partial charge in [-0.1, -0.05) is 54.6 Å². The van der Waals surface area contributed by atoms with Gasteiger partial charge in [0.25, 0.3) is 0 Å². The largest absolute Gasteiger partial charge is 0.445 e. The summed E-state index contributed by atoms with van der Waals surface area (Å²) >= 11 is 0. The summed E-state index contributed by atoms with van der Waals surface area (Å²) in [7, 11) is 0. The molecule has 7 nitrogen and oxygen atoms in total. The van der Waals surface area contributed by atoms with Crippen LogP contribution in [0.1, 0.15) is 29.9 Å². The van der Waals surface area contributed by atoms with Crippen molar-refractivity contribution in [2.45, 2.75) is 37.5 Å². The fraction of sp³-hybridized carbons (Fsp3) is 0.310. The van der Waals surface area contributed by atoms with E-state index < -0.39 is 35.9 Å². The summed E-state index contributed by atoms with van der Waals surface area (Å²) in [6.07, 6.45) is 0.208. The van der Waals surface area contributed by atoms with E-state index in [0.717, 1.165) is 37.2 Å². The second-order valence-corrected chi connectivity index (χ2v) is 9.49. The molecule has 2 aliphatic rings. The van der Waals surface area contributed by atoms with Gasteiger partial charge in [-0.2, -0.15) is 0 Å². The summed E-state index contributed by atoms with van der Waals surface area (Å²) < 4.78 is 19.5. The summed E-state index contributed by atoms with van der Waals surface area (Å²) in [6.45, 7) is 1.85. The molecule has 0 aliphatic carbocycles. The summed E-state index contributed by atoms with van der Waals surface area (Å²) in [5.74, 6) is -1.62. The Hall–Kier alpha value is -3.91. The quantitative estimate of drug-likeness (QED) is 0.517. The molecule has 2 fully saturated rings. The molecule has 2 heterocycles. The fourth-order valence-electron chi connectivity index (χ4n) is 5.18. The molecule has 192 valence electrons. The molecule has 2 amide bonds. The van der Waals surface area contributed by atoms with Crippen LogP contribution in [0.4, 0.5) is 20.6 Å². The second kappa shape index (κ2) is 11.0. The van der Waals surface area contributed by atoms with Crippen LogP contribution >= 0.6 is 0 Å². The maximum absolute atomic E-state index is 14.0. The van der Waals surface area contributed by atoms with Gasteiger partial charge in [-0.15, -0.1) is 0 Å². The zero-order chi connectivity index (χ0) is 25.8. The number of aliphatic hydroxyl groups excluding tert-OH is 1. The molecule has 0 unspecified atom stereocenters. The smallest absolute Gasteiger partial charge is 0.410 e. The maximum Gasteiger partial charge on any atom is 0.410 e. The lowest BCUT2D eigenvalue weighted by Gasteiger charge is -2.26. The third-order valence-electron chi connectivity index (χ3n) is 7.06. The molecular weight excluding hydrogens is 473 g/mol. The van der Waals surface area contributed by atoms with Crippen molar-refractivity contribution in [3.63, 3.8) is 0 Å². The van der Waals surface area contributed by atoms with Crippen LogP contribution in [0.5, 0.6) is 0 Å². The Morgan fingerprint density at radius 3 is 2.46 bits per heavy atom. The average Bonchev–Trinajstić information content (AvgIpc) is 3.56. The molecule has 0 spiro atoms. The molecule has 5 rings (SSSR count). The Morgan fingerprint density at radius 1 is 0.973 bits per heavy atom. The predicted octanol–water partition coefficient (Wildman–Crippen LogP) is 4.53. The van der Waals surface area contributed by atoms with Crippen LogP contribution < -0.4 is 10.2 Å². The monoisotopic (exact) mass is 503 g/mol. The highest BCUT2D eigenvalue weighted by molar-refractivity contribution is 6.00. The molecule has 37 heavy (non-hydrogen) atoms. The molecular formula is C29H30FN3O4. The molecule has 0 saturated carbocycles. The number of hydrogen-bond donors (Lipinski definition) is 2. The van der Waals surface area contributed by atoms with Gasteiger partial charge >= 0.3 is 6.09 Å². The van der Waals surface area contributed by atoms with Gasteiger partial charge < -0.3 is 20.1 Å². The number of benzene rings is 3. The third-order valence-corrected chi connectivity index (χ3v) is 7.06. The van der Waals surface area contributed by atoms with Crippen molar-refractivity contribution in [3.05, 3.63) is 95.8 Å². The minimum absolute atomic E-state index is 0.0180. The van der Waals surface area contributed by atoms with E-state index in [0.29, 0.717) is 11.3 Å². The molecule has 0 bridgehead atoms. The fourth-order valence-corrected chi connectivity index (χ4v) is 5.18. The first kappa shape index (κ1) is 24.8. The van der Waals surface area contributed by atoms with Gasteiger partial charge in [-0.05, 0) is 48.2 Å². The number of carbonyl (C=O) groups is 2. The Balaban J connectivity index is 1.39. The molecule has 0 radical (unpaired) electrons. The van der Waals surface area contributed by atoms with Gasteiger partial charge in [0.2, 0.25) is 5.91 Å². The van der Waals surface area contributed by atoms with Crippen molar-refractivity contribution in [1.29, 1.82) is 0 Å². The number of likely N-dealkylation sites (tertiary alicyclic amines) is 1. The van der Waals surface area contributed by atoms with Crippen LogP contribution in [-0.2, 0) is 16.1 Å². The molecule has 2 aliphatic heterocycles. The van der Waals surface area contributed by atoms with Crippen molar-refractivity contribution in [3.8, 4) is 0 Å². The highest BCUT2D eigenvalue weighted by atomic mass is 19.1. The van der Waals surface area contributed by atoms with E-state index in [1.807, 2.05) is 54.6 Å². The van der Waals surface area contributed by atoms with E-state index in [1.165, 1.54) is 17.0 Å². The van der Waals surface area contributed by atoms with E-state index in [2.05, 4.69) is 10.2 Å². The van der Waals surface area contributed by atoms with E-state index in [1.54, 1.807) is 12.1 Å². The van der Waals surface area contributed by atoms with Gasteiger partial charge in [0.05, 0.1) is 17.5 Å². The Kier molecular flexibility index (Phi) is 7.37. The topological polar surface area (TPSA) is 82.1 Å². The summed E-state index contributed by atoms with van der Waals surface area (Å²) in [5.41, 5.74) is 2.84. The number of anilines is 2. The lowest BCUT2D eigenvalue weighted by molar-refractivity contribution is -0.122. The summed E-state index contributed by atoms with van der Waals surface area (Å²) in [5, 5.41) is 14.2. The number of nitrogens with zero attached hydrogens (tertiary/aromatic N) is 2. The number of carbonyl (C=O) groups excluding carboxylic acids is 2. The Labute approximate surface area is 215 Å². The molecule has 2 N–H and O–H groups in total. The molecule has 8 heteroatoms. The third kappa shape index (κ3) is 5.44. The van der Waals surface area contributed by atoms with Gasteiger partial charge in [0, 0.05) is 25.6 Å². The van der Waals surface area contributed by atoms with Gasteiger partial charge in [-0.3, -0.25) is 9.69 Å². The highest BCUT2D eigenvalue weighted by Crippen LogP contribution is 2.35. The van der Waals surface area contributed by atoms with E-state index in [-0.39, 0.29) is 13.2 Å². The van der Waals surface area contributed by atoms with Crippen LogP contribution in [0.25, 0.3) is 0 Å². The first-order valence-corrected chi connectivity index (χ1v) is 12.6. The van der Waals surface area contributed by atoms with E-state index in [4.69, 9.17) is 4.74 Å². The van der Waals surface area contributed by atoms with Crippen LogP contribution in [0.2, 0.25) is 0 Å². The second-order valence-electron chi connectivity index (χ2n) is 9.49. The Bertz CT molecular complexity index is 1250. The van der Waals surface area contributed by atoms with Crippen molar-refractivity contribution in [1.82, 2.24) is 4.90 Å². The highest BCUT2D eigenvalue weighted by Gasteiger charge is 2.48. The predicted molar refractivity (Wildman–Crippen MR) is 139 cm³/mol. The molecule has 0 aromatic heterocycles. The summed E-state index contributed by atoms with van der Waals surface area (Å²) in [6, 6.07) is 21.4. The number of aliphatic hydroxyl groups is 1. The normalized spacial score (nSPS) is 21.2. The first-order valence-electron chi connectivity index (χ1n) is 12.6. The minimum atomic E-state index is -1.25. The van der Waals surface area contributed by atoms with Crippen LogP contribution in [0.3, 0.4) is 0 Å². The van der Waals surface area contributed by atoms with Crippen LogP contribution in [0, 0.1) is 5.82 Å². The van der Waals surface area contributed by atoms with E-state index >= 15 is 0 Å². The summed E-state index contributed by atoms with van der Waals surface area (Å²) in [4.78, 5) is 30.3. The number of halogens is 1. The number of rotatable bonds is 6. The number of ether oxygens (including phenoxy) is 1. The molecule has 3 aromatic rings. The van der Waals surface area contributed by atoms with Gasteiger partial charge in [0.1, 0.15) is 18.5 Å². The lowest BCUT2D eigenvalue weighted by Crippen LogP contribution is -2.48. The Morgan fingerprint density at radius 2 is 1.70 bits per heavy atom. The average molecular weight is 504 g/mol. The number of amides is 2. The molecule has 2 saturated heterocycles. The standard InChI is InChI=1S/C29H30FN3O4/c30-22-12-8-11-21(17-22)23-18-33(29(36)37-19-20-9-2-1-3-10-20)26(27(23)34)28(35)31-24-13-4-5-14-25(24)32-15-6-7-16-32/h1-5,8-14,17,23,26-27,34H,6-7,15-16,18-19H2,(H,31,35)/t23-,26+,27-/m0/s1.